The number of rotatable bonds is 3. The number of hydrogen-bond donors (Lipinski definition) is 1. The van der Waals surface area contributed by atoms with Crippen LogP contribution in [0.4, 0.5) is 8.78 Å². The van der Waals surface area contributed by atoms with Crippen molar-refractivity contribution in [1.29, 1.82) is 0 Å². The Kier molecular flexibility index (Phi) is 2.88. The Morgan fingerprint density at radius 1 is 1.39 bits per heavy atom. The summed E-state index contributed by atoms with van der Waals surface area (Å²) in [6.45, 7) is 2.03. The van der Waals surface area contributed by atoms with E-state index in [1.807, 2.05) is 0 Å². The highest BCUT2D eigenvalue weighted by atomic mass is 19.3. The van der Waals surface area contributed by atoms with Gasteiger partial charge in [-0.05, 0) is 24.6 Å². The van der Waals surface area contributed by atoms with Crippen molar-refractivity contribution in [2.24, 2.45) is 0 Å². The number of ether oxygens (including phenoxy) is 2. The highest BCUT2D eigenvalue weighted by Gasteiger charge is 2.34. The summed E-state index contributed by atoms with van der Waals surface area (Å²) in [5.74, 6) is -4.83. The van der Waals surface area contributed by atoms with Gasteiger partial charge in [-0.25, -0.2) is 8.78 Å². The molecule has 6 heteroatoms. The summed E-state index contributed by atoms with van der Waals surface area (Å²) < 4.78 is 37.1. The lowest BCUT2D eigenvalue weighted by molar-refractivity contribution is -0.138. The molecule has 1 aliphatic heterocycles. The minimum absolute atomic E-state index is 0.0410. The van der Waals surface area contributed by atoms with E-state index in [9.17, 15) is 13.6 Å². The number of carboxylic acid groups (broad SMARTS) is 1. The zero-order valence-corrected chi connectivity index (χ0v) is 9.87. The van der Waals surface area contributed by atoms with Gasteiger partial charge in [0.15, 0.2) is 11.5 Å². The van der Waals surface area contributed by atoms with E-state index < -0.39 is 17.8 Å². The molecule has 0 amide bonds. The number of carbonyl (C=O) groups is 1. The lowest BCUT2D eigenvalue weighted by Gasteiger charge is -2.19. The number of benzene rings is 1. The van der Waals surface area contributed by atoms with Crippen molar-refractivity contribution in [2.75, 3.05) is 6.79 Å². The van der Waals surface area contributed by atoms with E-state index in [1.165, 1.54) is 13.0 Å². The van der Waals surface area contributed by atoms with Crippen LogP contribution in [0, 0.1) is 0 Å². The van der Waals surface area contributed by atoms with Crippen LogP contribution >= 0.6 is 0 Å². The molecule has 98 valence electrons. The van der Waals surface area contributed by atoms with Gasteiger partial charge in [0.2, 0.25) is 6.79 Å². The molecule has 1 aliphatic rings. The first-order chi connectivity index (χ1) is 8.30. The Labute approximate surface area is 102 Å². The molecule has 0 aliphatic carbocycles. The molecule has 4 nitrogen and oxygen atoms in total. The maximum atomic E-state index is 13.5. The van der Waals surface area contributed by atoms with Gasteiger partial charge in [0.05, 0.1) is 5.92 Å². The normalized spacial score (nSPS) is 15.6. The number of aliphatic carboxylic acids is 1. The molecule has 2 rings (SSSR count). The molecule has 1 N–H and O–H groups in total. The highest BCUT2D eigenvalue weighted by Crippen LogP contribution is 2.42. The van der Waals surface area contributed by atoms with E-state index in [2.05, 4.69) is 0 Å². The molecule has 0 saturated heterocycles. The van der Waals surface area contributed by atoms with E-state index in [1.54, 1.807) is 0 Å². The van der Waals surface area contributed by atoms with Gasteiger partial charge in [0, 0.05) is 12.5 Å². The van der Waals surface area contributed by atoms with Gasteiger partial charge >= 0.3 is 5.97 Å². The average molecular weight is 258 g/mol. The van der Waals surface area contributed by atoms with Crippen LogP contribution in [0.25, 0.3) is 0 Å². The molecular weight excluding hydrogens is 246 g/mol. The molecular formula is C12H12F2O4. The lowest BCUT2D eigenvalue weighted by Crippen LogP contribution is -2.16. The van der Waals surface area contributed by atoms with Gasteiger partial charge < -0.3 is 14.6 Å². The molecule has 1 atom stereocenters. The largest absolute Gasteiger partial charge is 0.481 e. The quantitative estimate of drug-likeness (QED) is 0.905. The predicted octanol–water partition coefficient (Wildman–Crippen LogP) is 2.72. The summed E-state index contributed by atoms with van der Waals surface area (Å²) in [6.07, 6.45) is 0. The van der Waals surface area contributed by atoms with Crippen molar-refractivity contribution in [3.8, 4) is 11.5 Å². The van der Waals surface area contributed by atoms with Crippen molar-refractivity contribution in [1.82, 2.24) is 0 Å². The summed E-state index contributed by atoms with van der Waals surface area (Å²) in [5.41, 5.74) is -0.305. The monoisotopic (exact) mass is 258 g/mol. The molecule has 0 saturated carbocycles. The van der Waals surface area contributed by atoms with Gasteiger partial charge in [0.25, 0.3) is 5.92 Å². The summed E-state index contributed by atoms with van der Waals surface area (Å²) in [7, 11) is 0. The van der Waals surface area contributed by atoms with Crippen LogP contribution in [0.5, 0.6) is 11.5 Å². The number of fused-ring (bicyclic) bond motifs is 1. The molecule has 0 aromatic heterocycles. The smallest absolute Gasteiger partial charge is 0.310 e. The number of halogens is 2. The predicted molar refractivity (Wildman–Crippen MR) is 58.2 cm³/mol. The van der Waals surface area contributed by atoms with Gasteiger partial charge in [-0.1, -0.05) is 0 Å². The molecule has 0 bridgehead atoms. The lowest BCUT2D eigenvalue weighted by atomic mass is 9.92. The Morgan fingerprint density at radius 2 is 1.94 bits per heavy atom. The second kappa shape index (κ2) is 4.12. The van der Waals surface area contributed by atoms with E-state index in [0.717, 1.165) is 13.0 Å². The van der Waals surface area contributed by atoms with Crippen LogP contribution in [0.2, 0.25) is 0 Å². The SMILES string of the molecule is CC(C(=O)O)c1cc2c(cc1C(C)(F)F)OCO2. The first-order valence-corrected chi connectivity index (χ1v) is 5.35. The second-order valence-electron chi connectivity index (χ2n) is 4.24. The highest BCUT2D eigenvalue weighted by molar-refractivity contribution is 5.77. The molecule has 1 heterocycles. The fraction of sp³-hybridized carbons (Fsp3) is 0.417. The standard InChI is InChI=1S/C12H12F2O4/c1-6(11(15)16)7-3-9-10(18-5-17-9)4-8(7)12(2,13)14/h3-4,6H,5H2,1-2H3,(H,15,16). The minimum atomic E-state index is -3.14. The van der Waals surface area contributed by atoms with Crippen LogP contribution in [0.15, 0.2) is 12.1 Å². The number of carboxylic acids is 1. The van der Waals surface area contributed by atoms with Crippen molar-refractivity contribution in [3.63, 3.8) is 0 Å². The first kappa shape index (κ1) is 12.6. The third kappa shape index (κ3) is 2.10. The molecule has 0 radical (unpaired) electrons. The van der Waals surface area contributed by atoms with Crippen LogP contribution < -0.4 is 9.47 Å². The molecule has 1 aromatic rings. The molecule has 0 spiro atoms. The fourth-order valence-corrected chi connectivity index (χ4v) is 1.83. The second-order valence-corrected chi connectivity index (χ2v) is 4.24. The van der Waals surface area contributed by atoms with Crippen molar-refractivity contribution in [3.05, 3.63) is 23.3 Å². The maximum absolute atomic E-state index is 13.5. The zero-order chi connectivity index (χ0) is 13.5. The summed E-state index contributed by atoms with van der Waals surface area (Å²) in [5, 5.41) is 8.96. The zero-order valence-electron chi connectivity index (χ0n) is 9.87. The van der Waals surface area contributed by atoms with Crippen molar-refractivity contribution in [2.45, 2.75) is 25.7 Å². The van der Waals surface area contributed by atoms with Gasteiger partial charge in [-0.15, -0.1) is 0 Å². The Balaban J connectivity index is 2.59. The average Bonchev–Trinajstić information content (AvgIpc) is 2.71. The van der Waals surface area contributed by atoms with E-state index in [4.69, 9.17) is 14.6 Å². The fourth-order valence-electron chi connectivity index (χ4n) is 1.83. The van der Waals surface area contributed by atoms with Crippen LogP contribution in [-0.4, -0.2) is 17.9 Å². The summed E-state index contributed by atoms with van der Waals surface area (Å²) >= 11 is 0. The topological polar surface area (TPSA) is 55.8 Å². The Hall–Kier alpha value is -1.85. The van der Waals surface area contributed by atoms with E-state index >= 15 is 0 Å². The van der Waals surface area contributed by atoms with Crippen LogP contribution in [0.1, 0.15) is 30.9 Å². The van der Waals surface area contributed by atoms with Gasteiger partial charge in [-0.2, -0.15) is 0 Å². The Morgan fingerprint density at radius 3 is 2.44 bits per heavy atom. The molecule has 0 fully saturated rings. The Bertz CT molecular complexity index is 494. The molecule has 18 heavy (non-hydrogen) atoms. The third-order valence-electron chi connectivity index (χ3n) is 2.85. The number of alkyl halides is 2. The van der Waals surface area contributed by atoms with Gasteiger partial charge in [0.1, 0.15) is 0 Å². The van der Waals surface area contributed by atoms with Crippen molar-refractivity contribution >= 4 is 5.97 Å². The molecule has 1 aromatic carbocycles. The molecule has 1 unspecified atom stereocenters. The first-order valence-electron chi connectivity index (χ1n) is 5.35. The van der Waals surface area contributed by atoms with E-state index in [0.29, 0.717) is 5.75 Å². The van der Waals surface area contributed by atoms with Crippen LogP contribution in [0.3, 0.4) is 0 Å². The maximum Gasteiger partial charge on any atom is 0.310 e. The van der Waals surface area contributed by atoms with E-state index in [-0.39, 0.29) is 23.7 Å². The van der Waals surface area contributed by atoms with Gasteiger partial charge in [-0.3, -0.25) is 4.79 Å². The minimum Gasteiger partial charge on any atom is -0.481 e. The third-order valence-corrected chi connectivity index (χ3v) is 2.85. The summed E-state index contributed by atoms with van der Waals surface area (Å²) in [6, 6.07) is 2.46. The van der Waals surface area contributed by atoms with Crippen molar-refractivity contribution < 1.29 is 28.2 Å². The number of hydrogen-bond acceptors (Lipinski definition) is 3. The summed E-state index contributed by atoms with van der Waals surface area (Å²) in [4.78, 5) is 11.0. The van der Waals surface area contributed by atoms with Crippen LogP contribution in [-0.2, 0) is 10.7 Å².